The van der Waals surface area contributed by atoms with E-state index in [-0.39, 0.29) is 21.5 Å². The van der Waals surface area contributed by atoms with Crippen LogP contribution in [0.5, 0.6) is 0 Å². The third-order valence-corrected chi connectivity index (χ3v) is 4.68. The SMILES string of the molecule is O=S(=O)(Cc1ncc(Br)cn1)c1ccccc1Cl. The molecule has 0 aliphatic heterocycles. The van der Waals surface area contributed by atoms with Gasteiger partial charge in [-0.25, -0.2) is 18.4 Å². The number of sulfone groups is 1. The van der Waals surface area contributed by atoms with Crippen molar-refractivity contribution in [3.8, 4) is 0 Å². The fourth-order valence-electron chi connectivity index (χ4n) is 1.36. The normalized spacial score (nSPS) is 11.4. The quantitative estimate of drug-likeness (QED) is 0.856. The Hall–Kier alpha value is -0.980. The van der Waals surface area contributed by atoms with Gasteiger partial charge in [-0.15, -0.1) is 0 Å². The van der Waals surface area contributed by atoms with Crippen molar-refractivity contribution in [1.82, 2.24) is 9.97 Å². The van der Waals surface area contributed by atoms with E-state index in [0.717, 1.165) is 0 Å². The van der Waals surface area contributed by atoms with Crippen molar-refractivity contribution < 1.29 is 8.42 Å². The summed E-state index contributed by atoms with van der Waals surface area (Å²) in [4.78, 5) is 7.97. The molecule has 2 rings (SSSR count). The molecule has 0 bridgehead atoms. The van der Waals surface area contributed by atoms with Crippen molar-refractivity contribution in [1.29, 1.82) is 0 Å². The predicted octanol–water partition coefficient (Wildman–Crippen LogP) is 2.87. The van der Waals surface area contributed by atoms with Crippen LogP contribution in [0.25, 0.3) is 0 Å². The maximum absolute atomic E-state index is 12.1. The first-order valence-corrected chi connectivity index (χ1v) is 7.75. The van der Waals surface area contributed by atoms with Crippen LogP contribution >= 0.6 is 27.5 Å². The monoisotopic (exact) mass is 346 g/mol. The molecule has 4 nitrogen and oxygen atoms in total. The Labute approximate surface area is 118 Å². The van der Waals surface area contributed by atoms with Crippen molar-refractivity contribution in [2.45, 2.75) is 10.6 Å². The third-order valence-electron chi connectivity index (χ3n) is 2.16. The van der Waals surface area contributed by atoms with Gasteiger partial charge in [-0.05, 0) is 28.1 Å². The summed E-state index contributed by atoms with van der Waals surface area (Å²) in [5, 5.41) is 0.203. The van der Waals surface area contributed by atoms with Crippen molar-refractivity contribution >= 4 is 37.4 Å². The van der Waals surface area contributed by atoms with E-state index in [1.807, 2.05) is 0 Å². The van der Waals surface area contributed by atoms with Crippen LogP contribution in [0.4, 0.5) is 0 Å². The highest BCUT2D eigenvalue weighted by Crippen LogP contribution is 2.23. The van der Waals surface area contributed by atoms with Gasteiger partial charge in [0.15, 0.2) is 9.84 Å². The topological polar surface area (TPSA) is 59.9 Å². The van der Waals surface area contributed by atoms with Gasteiger partial charge in [0, 0.05) is 12.4 Å². The van der Waals surface area contributed by atoms with Gasteiger partial charge in [0.25, 0.3) is 0 Å². The summed E-state index contributed by atoms with van der Waals surface area (Å²) in [6.07, 6.45) is 3.01. The highest BCUT2D eigenvalue weighted by atomic mass is 79.9. The zero-order valence-electron chi connectivity index (χ0n) is 9.05. The van der Waals surface area contributed by atoms with E-state index >= 15 is 0 Å². The molecule has 1 heterocycles. The van der Waals surface area contributed by atoms with Gasteiger partial charge >= 0.3 is 0 Å². The van der Waals surface area contributed by atoms with Crippen LogP contribution in [0.1, 0.15) is 5.82 Å². The maximum Gasteiger partial charge on any atom is 0.187 e. The third kappa shape index (κ3) is 3.07. The van der Waals surface area contributed by atoms with Crippen LogP contribution in [-0.2, 0) is 15.6 Å². The maximum atomic E-state index is 12.1. The summed E-state index contributed by atoms with van der Waals surface area (Å²) >= 11 is 9.06. The lowest BCUT2D eigenvalue weighted by Crippen LogP contribution is -2.08. The lowest BCUT2D eigenvalue weighted by atomic mass is 10.4. The molecule has 0 aliphatic rings. The zero-order valence-corrected chi connectivity index (χ0v) is 12.2. The molecule has 1 aromatic heterocycles. The largest absolute Gasteiger partial charge is 0.239 e. The number of nitrogens with zero attached hydrogens (tertiary/aromatic N) is 2. The Bertz CT molecular complexity index is 659. The summed E-state index contributed by atoms with van der Waals surface area (Å²) in [6, 6.07) is 6.31. The van der Waals surface area contributed by atoms with Gasteiger partial charge in [-0.3, -0.25) is 0 Å². The van der Waals surface area contributed by atoms with Gasteiger partial charge in [-0.1, -0.05) is 23.7 Å². The molecule has 0 saturated carbocycles. The standard InChI is InChI=1S/C11H8BrClN2O2S/c12-8-5-14-11(15-6-8)7-18(16,17)10-4-2-1-3-9(10)13/h1-6H,7H2. The molecule has 1 aromatic carbocycles. The first-order chi connectivity index (χ1) is 8.49. The van der Waals surface area contributed by atoms with E-state index < -0.39 is 9.84 Å². The lowest BCUT2D eigenvalue weighted by Gasteiger charge is -2.05. The lowest BCUT2D eigenvalue weighted by molar-refractivity contribution is 0.594. The molecule has 18 heavy (non-hydrogen) atoms. The summed E-state index contributed by atoms with van der Waals surface area (Å²) in [7, 11) is -3.53. The zero-order chi connectivity index (χ0) is 13.2. The van der Waals surface area contributed by atoms with E-state index in [9.17, 15) is 8.42 Å². The second-order valence-electron chi connectivity index (χ2n) is 3.51. The number of hydrogen-bond donors (Lipinski definition) is 0. The molecule has 7 heteroatoms. The van der Waals surface area contributed by atoms with Gasteiger partial charge in [0.05, 0.1) is 14.4 Å². The molecule has 0 aliphatic carbocycles. The van der Waals surface area contributed by atoms with Crippen LogP contribution in [-0.4, -0.2) is 18.4 Å². The van der Waals surface area contributed by atoms with Crippen LogP contribution in [0.2, 0.25) is 5.02 Å². The highest BCUT2D eigenvalue weighted by molar-refractivity contribution is 9.10. The van der Waals surface area contributed by atoms with Crippen LogP contribution in [0.15, 0.2) is 46.0 Å². The molecule has 0 unspecified atom stereocenters. The number of aromatic nitrogens is 2. The van der Waals surface area contributed by atoms with Crippen molar-refractivity contribution in [2.75, 3.05) is 0 Å². The number of benzene rings is 1. The summed E-state index contributed by atoms with van der Waals surface area (Å²) < 4.78 is 25.0. The molecule has 94 valence electrons. The first-order valence-electron chi connectivity index (χ1n) is 4.93. The smallest absolute Gasteiger partial charge is 0.187 e. The van der Waals surface area contributed by atoms with Crippen molar-refractivity contribution in [3.05, 3.63) is 52.0 Å². The molecule has 0 saturated heterocycles. The molecule has 0 N–H and O–H groups in total. The predicted molar refractivity (Wildman–Crippen MR) is 72.1 cm³/mol. The molecule has 2 aromatic rings. The Morgan fingerprint density at radius 1 is 1.17 bits per heavy atom. The molecule has 0 atom stereocenters. The summed E-state index contributed by atoms with van der Waals surface area (Å²) in [5.41, 5.74) is 0. The van der Waals surface area contributed by atoms with E-state index in [1.165, 1.54) is 24.5 Å². The summed E-state index contributed by atoms with van der Waals surface area (Å²) in [6.45, 7) is 0. The molecule has 0 amide bonds. The second kappa shape index (κ2) is 5.34. The van der Waals surface area contributed by atoms with Crippen LogP contribution < -0.4 is 0 Å². The van der Waals surface area contributed by atoms with E-state index in [4.69, 9.17) is 11.6 Å². The van der Waals surface area contributed by atoms with Crippen molar-refractivity contribution in [2.24, 2.45) is 0 Å². The minimum Gasteiger partial charge on any atom is -0.239 e. The molecule has 0 radical (unpaired) electrons. The van der Waals surface area contributed by atoms with Crippen LogP contribution in [0, 0.1) is 0 Å². The minimum absolute atomic E-state index is 0.0955. The van der Waals surface area contributed by atoms with E-state index in [1.54, 1.807) is 12.1 Å². The fraction of sp³-hybridized carbons (Fsp3) is 0.0909. The number of rotatable bonds is 3. The molecule has 0 spiro atoms. The average molecular weight is 348 g/mol. The Balaban J connectivity index is 2.33. The molecular weight excluding hydrogens is 340 g/mol. The van der Waals surface area contributed by atoms with Gasteiger partial charge < -0.3 is 0 Å². The van der Waals surface area contributed by atoms with Gasteiger partial charge in [0.1, 0.15) is 11.6 Å². The Kier molecular flexibility index (Phi) is 3.99. The summed E-state index contributed by atoms with van der Waals surface area (Å²) in [5.74, 6) is -0.0394. The van der Waals surface area contributed by atoms with Gasteiger partial charge in [0.2, 0.25) is 0 Å². The molecule has 0 fully saturated rings. The minimum atomic E-state index is -3.53. The van der Waals surface area contributed by atoms with Crippen molar-refractivity contribution in [3.63, 3.8) is 0 Å². The Morgan fingerprint density at radius 3 is 2.39 bits per heavy atom. The number of hydrogen-bond acceptors (Lipinski definition) is 4. The highest BCUT2D eigenvalue weighted by Gasteiger charge is 2.19. The number of halogens is 2. The second-order valence-corrected chi connectivity index (χ2v) is 6.79. The van der Waals surface area contributed by atoms with E-state index in [0.29, 0.717) is 4.47 Å². The van der Waals surface area contributed by atoms with Crippen LogP contribution in [0.3, 0.4) is 0 Å². The average Bonchev–Trinajstić information content (AvgIpc) is 2.32. The van der Waals surface area contributed by atoms with Gasteiger partial charge in [-0.2, -0.15) is 0 Å². The Morgan fingerprint density at radius 2 is 1.78 bits per heavy atom. The first kappa shape index (κ1) is 13.5. The van der Waals surface area contributed by atoms with E-state index in [2.05, 4.69) is 25.9 Å². The molecular formula is C11H8BrClN2O2S. The fourth-order valence-corrected chi connectivity index (χ4v) is 3.35.